The van der Waals surface area contributed by atoms with Crippen LogP contribution in [0.2, 0.25) is 0 Å². The molecule has 0 radical (unpaired) electrons. The van der Waals surface area contributed by atoms with Crippen LogP contribution in [-0.4, -0.2) is 24.1 Å². The van der Waals surface area contributed by atoms with Crippen molar-refractivity contribution in [3.63, 3.8) is 0 Å². The number of hydrogen-bond donors (Lipinski definition) is 0. The third-order valence-corrected chi connectivity index (χ3v) is 1.95. The van der Waals surface area contributed by atoms with Gasteiger partial charge in [0.1, 0.15) is 0 Å². The van der Waals surface area contributed by atoms with Crippen molar-refractivity contribution in [1.82, 2.24) is 0 Å². The molecule has 0 aliphatic carbocycles. The summed E-state index contributed by atoms with van der Waals surface area (Å²) in [6, 6.07) is 0. The standard InChI is InChI=1S/C13H24O4/c1-7-8-10(14)17-13(5,6)11(15)16-9-12(2,3)4/h7-9H2,1-6H3. The largest absolute Gasteiger partial charge is 0.462 e. The van der Waals surface area contributed by atoms with Gasteiger partial charge in [0.05, 0.1) is 6.61 Å². The fraction of sp³-hybridized carbons (Fsp3) is 0.846. The second-order valence-corrected chi connectivity index (χ2v) is 5.87. The van der Waals surface area contributed by atoms with Crippen molar-refractivity contribution in [1.29, 1.82) is 0 Å². The molecule has 0 aromatic heterocycles. The highest BCUT2D eigenvalue weighted by Gasteiger charge is 2.34. The molecule has 0 bridgehead atoms. The summed E-state index contributed by atoms with van der Waals surface area (Å²) in [6.45, 7) is 11.2. The topological polar surface area (TPSA) is 52.6 Å². The van der Waals surface area contributed by atoms with Crippen molar-refractivity contribution in [2.45, 2.75) is 60.0 Å². The first-order valence-corrected chi connectivity index (χ1v) is 5.97. The lowest BCUT2D eigenvalue weighted by molar-refractivity contribution is -0.180. The van der Waals surface area contributed by atoms with Gasteiger partial charge in [-0.2, -0.15) is 0 Å². The third kappa shape index (κ3) is 6.97. The van der Waals surface area contributed by atoms with Gasteiger partial charge in [0.25, 0.3) is 0 Å². The van der Waals surface area contributed by atoms with Gasteiger partial charge in [-0.1, -0.05) is 27.7 Å². The molecule has 0 aromatic rings. The Kier molecular flexibility index (Phi) is 5.66. The summed E-state index contributed by atoms with van der Waals surface area (Å²) < 4.78 is 10.2. The number of ether oxygens (including phenoxy) is 2. The van der Waals surface area contributed by atoms with E-state index in [1.165, 1.54) is 0 Å². The molecule has 0 rings (SSSR count). The average molecular weight is 244 g/mol. The van der Waals surface area contributed by atoms with Crippen LogP contribution in [-0.2, 0) is 19.1 Å². The average Bonchev–Trinajstić information content (AvgIpc) is 2.12. The molecule has 0 unspecified atom stereocenters. The van der Waals surface area contributed by atoms with E-state index in [9.17, 15) is 9.59 Å². The molecular formula is C13H24O4. The molecule has 4 nitrogen and oxygen atoms in total. The summed E-state index contributed by atoms with van der Waals surface area (Å²) in [6.07, 6.45) is 1.02. The van der Waals surface area contributed by atoms with Gasteiger partial charge < -0.3 is 9.47 Å². The fourth-order valence-electron chi connectivity index (χ4n) is 1.04. The zero-order valence-corrected chi connectivity index (χ0v) is 11.8. The van der Waals surface area contributed by atoms with Gasteiger partial charge in [-0.05, 0) is 25.7 Å². The minimum Gasteiger partial charge on any atom is -0.462 e. The van der Waals surface area contributed by atoms with E-state index in [0.29, 0.717) is 19.4 Å². The van der Waals surface area contributed by atoms with Gasteiger partial charge in [-0.3, -0.25) is 4.79 Å². The maximum Gasteiger partial charge on any atom is 0.350 e. The summed E-state index contributed by atoms with van der Waals surface area (Å²) in [5, 5.41) is 0. The molecule has 0 fully saturated rings. The smallest absolute Gasteiger partial charge is 0.350 e. The fourth-order valence-corrected chi connectivity index (χ4v) is 1.04. The highest BCUT2D eigenvalue weighted by molar-refractivity contribution is 5.82. The van der Waals surface area contributed by atoms with Gasteiger partial charge in [0, 0.05) is 6.42 Å². The van der Waals surface area contributed by atoms with Crippen LogP contribution in [0.3, 0.4) is 0 Å². The van der Waals surface area contributed by atoms with Crippen LogP contribution in [0.15, 0.2) is 0 Å². The maximum atomic E-state index is 11.8. The molecule has 0 N–H and O–H groups in total. The van der Waals surface area contributed by atoms with E-state index in [-0.39, 0.29) is 11.4 Å². The Morgan fingerprint density at radius 2 is 1.59 bits per heavy atom. The van der Waals surface area contributed by atoms with Crippen LogP contribution >= 0.6 is 0 Å². The Labute approximate surface area is 104 Å². The lowest BCUT2D eigenvalue weighted by atomic mass is 9.98. The van der Waals surface area contributed by atoms with Crippen LogP contribution in [0.4, 0.5) is 0 Å². The summed E-state index contributed by atoms with van der Waals surface area (Å²) in [5.74, 6) is -0.873. The molecule has 0 saturated carbocycles. The Bertz CT molecular complexity index is 274. The lowest BCUT2D eigenvalue weighted by Gasteiger charge is -2.25. The van der Waals surface area contributed by atoms with Crippen molar-refractivity contribution in [3.8, 4) is 0 Å². The van der Waals surface area contributed by atoms with Crippen molar-refractivity contribution >= 4 is 11.9 Å². The molecule has 0 saturated heterocycles. The lowest BCUT2D eigenvalue weighted by Crippen LogP contribution is -2.40. The van der Waals surface area contributed by atoms with Crippen LogP contribution < -0.4 is 0 Å². The first-order valence-electron chi connectivity index (χ1n) is 5.97. The van der Waals surface area contributed by atoms with Gasteiger partial charge >= 0.3 is 11.9 Å². The van der Waals surface area contributed by atoms with E-state index < -0.39 is 11.6 Å². The molecule has 0 aliphatic heterocycles. The number of carbonyl (C=O) groups is 2. The molecule has 0 spiro atoms. The number of hydrogen-bond acceptors (Lipinski definition) is 4. The van der Waals surface area contributed by atoms with E-state index in [1.807, 2.05) is 27.7 Å². The van der Waals surface area contributed by atoms with Crippen molar-refractivity contribution in [2.75, 3.05) is 6.61 Å². The van der Waals surface area contributed by atoms with Crippen LogP contribution in [0.25, 0.3) is 0 Å². The maximum absolute atomic E-state index is 11.8. The minimum absolute atomic E-state index is 0.0980. The summed E-state index contributed by atoms with van der Waals surface area (Å²) in [4.78, 5) is 23.1. The normalized spacial score (nSPS) is 12.1. The molecule has 0 heterocycles. The second-order valence-electron chi connectivity index (χ2n) is 5.87. The molecule has 4 heteroatoms. The SMILES string of the molecule is CCCC(=O)OC(C)(C)C(=O)OCC(C)(C)C. The molecule has 0 aliphatic rings. The molecule has 17 heavy (non-hydrogen) atoms. The molecule has 0 aromatic carbocycles. The molecular weight excluding hydrogens is 220 g/mol. The summed E-state index contributed by atoms with van der Waals surface area (Å²) >= 11 is 0. The van der Waals surface area contributed by atoms with E-state index in [2.05, 4.69) is 0 Å². The summed E-state index contributed by atoms with van der Waals surface area (Å²) in [5.41, 5.74) is -1.31. The molecule has 0 amide bonds. The van der Waals surface area contributed by atoms with Gasteiger partial charge in [0.15, 0.2) is 0 Å². The third-order valence-electron chi connectivity index (χ3n) is 1.95. The quantitative estimate of drug-likeness (QED) is 0.698. The number of rotatable bonds is 5. The van der Waals surface area contributed by atoms with Crippen molar-refractivity contribution in [2.24, 2.45) is 5.41 Å². The monoisotopic (exact) mass is 244 g/mol. The predicted molar refractivity (Wildman–Crippen MR) is 65.5 cm³/mol. The summed E-state index contributed by atoms with van der Waals surface area (Å²) in [7, 11) is 0. The Morgan fingerprint density at radius 3 is 2.00 bits per heavy atom. The Morgan fingerprint density at radius 1 is 1.06 bits per heavy atom. The highest BCUT2D eigenvalue weighted by atomic mass is 16.6. The number of carbonyl (C=O) groups excluding carboxylic acids is 2. The first kappa shape index (κ1) is 15.9. The van der Waals surface area contributed by atoms with E-state index in [4.69, 9.17) is 9.47 Å². The van der Waals surface area contributed by atoms with Crippen LogP contribution in [0.5, 0.6) is 0 Å². The first-order chi connectivity index (χ1) is 7.58. The van der Waals surface area contributed by atoms with Gasteiger partial charge in [0.2, 0.25) is 5.60 Å². The van der Waals surface area contributed by atoms with Crippen molar-refractivity contribution < 1.29 is 19.1 Å². The van der Waals surface area contributed by atoms with E-state index in [1.54, 1.807) is 13.8 Å². The van der Waals surface area contributed by atoms with Gasteiger partial charge in [-0.15, -0.1) is 0 Å². The van der Waals surface area contributed by atoms with E-state index >= 15 is 0 Å². The molecule has 0 atom stereocenters. The second kappa shape index (κ2) is 6.03. The minimum atomic E-state index is -1.21. The van der Waals surface area contributed by atoms with Crippen LogP contribution in [0, 0.1) is 5.41 Å². The predicted octanol–water partition coefficient (Wildman–Crippen LogP) is 2.70. The highest BCUT2D eigenvalue weighted by Crippen LogP contribution is 2.18. The number of esters is 2. The van der Waals surface area contributed by atoms with E-state index in [0.717, 1.165) is 0 Å². The van der Waals surface area contributed by atoms with Crippen molar-refractivity contribution in [3.05, 3.63) is 0 Å². The zero-order chi connectivity index (χ0) is 13.7. The Hall–Kier alpha value is -1.06. The molecule has 100 valence electrons. The Balaban J connectivity index is 4.30. The van der Waals surface area contributed by atoms with Gasteiger partial charge in [-0.25, -0.2) is 4.79 Å². The zero-order valence-electron chi connectivity index (χ0n) is 11.8. The van der Waals surface area contributed by atoms with Crippen LogP contribution in [0.1, 0.15) is 54.4 Å².